The van der Waals surface area contributed by atoms with Crippen LogP contribution in [0.15, 0.2) is 97.1 Å². The Balaban J connectivity index is 1.34. The van der Waals surface area contributed by atoms with Gasteiger partial charge in [-0.25, -0.2) is 0 Å². The molecule has 0 radical (unpaired) electrons. The van der Waals surface area contributed by atoms with Gasteiger partial charge in [0.05, 0.1) is 11.6 Å². The molecule has 2 spiro atoms. The van der Waals surface area contributed by atoms with Crippen molar-refractivity contribution in [3.8, 4) is 11.5 Å². The van der Waals surface area contributed by atoms with Gasteiger partial charge in [0.25, 0.3) is 0 Å². The molecule has 3 aliphatic heterocycles. The number of amides is 1. The Bertz CT molecular complexity index is 1570. The molecule has 0 N–H and O–H groups in total. The summed E-state index contributed by atoms with van der Waals surface area (Å²) in [6, 6.07) is 31.6. The summed E-state index contributed by atoms with van der Waals surface area (Å²) in [4.78, 5) is 29.9. The molecule has 5 nitrogen and oxygen atoms in total. The fourth-order valence-electron chi connectivity index (χ4n) is 6.38. The SMILES string of the molecule is O=C1c2cc3c(cc2OC12CC2)OCC31C(=O)N(C(c2ccccc2)c2ccccc2)c2ccccc21. The summed E-state index contributed by atoms with van der Waals surface area (Å²) >= 11 is 0. The number of benzene rings is 4. The molecule has 4 aromatic carbocycles. The molecular formula is C32H23NO4. The van der Waals surface area contributed by atoms with Crippen LogP contribution in [0.1, 0.15) is 51.5 Å². The van der Waals surface area contributed by atoms with Crippen LogP contribution < -0.4 is 14.4 Å². The lowest BCUT2D eigenvalue weighted by Crippen LogP contribution is -2.44. The molecule has 8 rings (SSSR count). The van der Waals surface area contributed by atoms with E-state index in [9.17, 15) is 9.59 Å². The van der Waals surface area contributed by atoms with Crippen molar-refractivity contribution < 1.29 is 19.1 Å². The molecule has 4 aliphatic rings. The van der Waals surface area contributed by atoms with Crippen LogP contribution in [-0.2, 0) is 10.2 Å². The normalized spacial score (nSPS) is 21.7. The lowest BCUT2D eigenvalue weighted by atomic mass is 9.76. The van der Waals surface area contributed by atoms with E-state index in [4.69, 9.17) is 9.47 Å². The van der Waals surface area contributed by atoms with Crippen LogP contribution in [0, 0.1) is 0 Å². The van der Waals surface area contributed by atoms with Crippen molar-refractivity contribution in [3.05, 3.63) is 125 Å². The molecule has 1 atom stereocenters. The minimum absolute atomic E-state index is 0.0226. The number of nitrogens with zero attached hydrogens (tertiary/aromatic N) is 1. The largest absolute Gasteiger partial charge is 0.491 e. The zero-order valence-electron chi connectivity index (χ0n) is 20.0. The number of hydrogen-bond donors (Lipinski definition) is 0. The molecule has 3 heterocycles. The first kappa shape index (κ1) is 20.8. The minimum atomic E-state index is -1.03. The van der Waals surface area contributed by atoms with Crippen molar-refractivity contribution in [1.82, 2.24) is 0 Å². The summed E-state index contributed by atoms with van der Waals surface area (Å²) in [5.74, 6) is 1.16. The highest BCUT2D eigenvalue weighted by Gasteiger charge is 2.61. The molecular weight excluding hydrogens is 462 g/mol. The Morgan fingerprint density at radius 3 is 2.05 bits per heavy atom. The highest BCUT2D eigenvalue weighted by atomic mass is 16.5. The molecule has 1 amide bonds. The molecule has 0 bridgehead atoms. The van der Waals surface area contributed by atoms with Crippen LogP contribution in [-0.4, -0.2) is 23.9 Å². The van der Waals surface area contributed by atoms with Crippen LogP contribution in [0.3, 0.4) is 0 Å². The van der Waals surface area contributed by atoms with Crippen molar-refractivity contribution >= 4 is 17.4 Å². The van der Waals surface area contributed by atoms with Crippen LogP contribution in [0.2, 0.25) is 0 Å². The number of carbonyl (C=O) groups excluding carboxylic acids is 2. The van der Waals surface area contributed by atoms with Gasteiger partial charge in [-0.1, -0.05) is 78.9 Å². The van der Waals surface area contributed by atoms with E-state index in [0.717, 1.165) is 40.8 Å². The Morgan fingerprint density at radius 2 is 1.38 bits per heavy atom. The lowest BCUT2D eigenvalue weighted by Gasteiger charge is -2.31. The number of para-hydroxylation sites is 1. The predicted molar refractivity (Wildman–Crippen MR) is 138 cm³/mol. The van der Waals surface area contributed by atoms with E-state index in [1.54, 1.807) is 0 Å². The van der Waals surface area contributed by atoms with Gasteiger partial charge in [-0.05, 0) is 41.7 Å². The summed E-state index contributed by atoms with van der Waals surface area (Å²) in [7, 11) is 0. The molecule has 4 aromatic rings. The Kier molecular flexibility index (Phi) is 3.99. The molecule has 5 heteroatoms. The van der Waals surface area contributed by atoms with Crippen LogP contribution in [0.4, 0.5) is 5.69 Å². The topological polar surface area (TPSA) is 55.8 Å². The smallest absolute Gasteiger partial charge is 0.246 e. The molecule has 0 aromatic heterocycles. The van der Waals surface area contributed by atoms with Gasteiger partial charge in [-0.2, -0.15) is 0 Å². The van der Waals surface area contributed by atoms with Crippen molar-refractivity contribution in [1.29, 1.82) is 0 Å². The zero-order chi connectivity index (χ0) is 24.8. The maximum absolute atomic E-state index is 14.8. The third-order valence-electron chi connectivity index (χ3n) is 8.35. The van der Waals surface area contributed by atoms with E-state index in [-0.39, 0.29) is 24.3 Å². The fraction of sp³-hybridized carbons (Fsp3) is 0.188. The second-order valence-corrected chi connectivity index (χ2v) is 10.4. The minimum Gasteiger partial charge on any atom is -0.491 e. The number of carbonyl (C=O) groups is 2. The monoisotopic (exact) mass is 485 g/mol. The summed E-state index contributed by atoms with van der Waals surface area (Å²) in [5.41, 5.74) is 3.42. The van der Waals surface area contributed by atoms with Crippen molar-refractivity contribution in [2.75, 3.05) is 11.5 Å². The van der Waals surface area contributed by atoms with E-state index in [1.807, 2.05) is 77.7 Å². The van der Waals surface area contributed by atoms with E-state index in [1.165, 1.54) is 0 Å². The Hall–Kier alpha value is -4.38. The number of ketones is 1. The van der Waals surface area contributed by atoms with E-state index in [0.29, 0.717) is 17.1 Å². The number of rotatable bonds is 3. The first-order valence-electron chi connectivity index (χ1n) is 12.7. The lowest BCUT2D eigenvalue weighted by molar-refractivity contribution is -0.122. The number of Topliss-reactive ketones (excluding diaryl/α,β-unsaturated/α-hetero) is 1. The molecule has 1 aliphatic carbocycles. The average Bonchev–Trinajstić information content (AvgIpc) is 3.48. The molecule has 1 saturated carbocycles. The van der Waals surface area contributed by atoms with E-state index in [2.05, 4.69) is 24.3 Å². The maximum Gasteiger partial charge on any atom is 0.246 e. The van der Waals surface area contributed by atoms with Gasteiger partial charge in [0.15, 0.2) is 5.60 Å². The van der Waals surface area contributed by atoms with Crippen LogP contribution in [0.25, 0.3) is 0 Å². The summed E-state index contributed by atoms with van der Waals surface area (Å²) in [6.07, 6.45) is 1.48. The van der Waals surface area contributed by atoms with E-state index >= 15 is 0 Å². The number of fused-ring (bicyclic) bond motifs is 5. The maximum atomic E-state index is 14.8. The predicted octanol–water partition coefficient (Wildman–Crippen LogP) is 5.61. The van der Waals surface area contributed by atoms with Gasteiger partial charge >= 0.3 is 0 Å². The molecule has 37 heavy (non-hydrogen) atoms. The Labute approximate surface area is 214 Å². The average molecular weight is 486 g/mol. The van der Waals surface area contributed by atoms with Gasteiger partial charge in [0.1, 0.15) is 23.5 Å². The van der Waals surface area contributed by atoms with Crippen molar-refractivity contribution in [3.63, 3.8) is 0 Å². The zero-order valence-corrected chi connectivity index (χ0v) is 20.0. The second kappa shape index (κ2) is 7.10. The number of hydrogen-bond acceptors (Lipinski definition) is 4. The molecule has 180 valence electrons. The van der Waals surface area contributed by atoms with Gasteiger partial charge in [-0.3, -0.25) is 14.5 Å². The molecule has 0 saturated heterocycles. The van der Waals surface area contributed by atoms with Crippen molar-refractivity contribution in [2.24, 2.45) is 0 Å². The quantitative estimate of drug-likeness (QED) is 0.379. The first-order chi connectivity index (χ1) is 18.1. The van der Waals surface area contributed by atoms with Gasteiger partial charge in [0, 0.05) is 17.3 Å². The third-order valence-corrected chi connectivity index (χ3v) is 8.35. The van der Waals surface area contributed by atoms with Gasteiger partial charge < -0.3 is 9.47 Å². The highest BCUT2D eigenvalue weighted by Crippen LogP contribution is 2.58. The van der Waals surface area contributed by atoms with E-state index < -0.39 is 11.0 Å². The van der Waals surface area contributed by atoms with Crippen LogP contribution in [0.5, 0.6) is 11.5 Å². The fourth-order valence-corrected chi connectivity index (χ4v) is 6.38. The summed E-state index contributed by atoms with van der Waals surface area (Å²) in [5, 5.41) is 0. The number of anilines is 1. The van der Waals surface area contributed by atoms with Gasteiger partial charge in [-0.15, -0.1) is 0 Å². The molecule has 1 unspecified atom stereocenters. The van der Waals surface area contributed by atoms with Crippen molar-refractivity contribution in [2.45, 2.75) is 29.9 Å². The third kappa shape index (κ3) is 2.63. The summed E-state index contributed by atoms with van der Waals surface area (Å²) < 4.78 is 12.3. The second-order valence-electron chi connectivity index (χ2n) is 10.4. The highest BCUT2D eigenvalue weighted by molar-refractivity contribution is 6.14. The standard InChI is InChI=1S/C32H23NO4/c34-29-22-17-24-27(18-26(22)37-31(29)15-16-31)36-19-32(24)23-13-7-8-14-25(23)33(30(32)35)28(20-9-3-1-4-10-20)21-11-5-2-6-12-21/h1-14,17-18,28H,15-16,19H2. The van der Waals surface area contributed by atoms with Gasteiger partial charge in [0.2, 0.25) is 11.7 Å². The van der Waals surface area contributed by atoms with Crippen LogP contribution >= 0.6 is 0 Å². The Morgan fingerprint density at radius 1 is 0.730 bits per heavy atom. The number of ether oxygens (including phenoxy) is 2. The molecule has 1 fully saturated rings. The summed E-state index contributed by atoms with van der Waals surface area (Å²) in [6.45, 7) is 0.188. The first-order valence-corrected chi connectivity index (χ1v) is 12.7.